The summed E-state index contributed by atoms with van der Waals surface area (Å²) in [6, 6.07) is 0. The van der Waals surface area contributed by atoms with E-state index in [0.717, 1.165) is 25.6 Å². The summed E-state index contributed by atoms with van der Waals surface area (Å²) in [6.45, 7) is 9.29. The summed E-state index contributed by atoms with van der Waals surface area (Å²) >= 11 is 0. The summed E-state index contributed by atoms with van der Waals surface area (Å²) in [4.78, 5) is 20.7. The van der Waals surface area contributed by atoms with E-state index in [1.54, 1.807) is 4.90 Å². The van der Waals surface area contributed by atoms with Gasteiger partial charge in [-0.1, -0.05) is 6.42 Å². The average Bonchev–Trinajstić information content (AvgIpc) is 3.29. The minimum Gasteiger partial charge on any atom is -0.444 e. The Labute approximate surface area is 145 Å². The molecule has 0 bridgehead atoms. The molecule has 0 aromatic carbocycles. The largest absolute Gasteiger partial charge is 0.444 e. The highest BCUT2D eigenvalue weighted by molar-refractivity contribution is 5.78. The topological polar surface area (TPSA) is 71.2 Å². The van der Waals surface area contributed by atoms with Crippen molar-refractivity contribution in [1.29, 1.82) is 0 Å². The lowest BCUT2D eigenvalue weighted by Gasteiger charge is -2.42. The number of nitrogens with two attached hydrogens (primary N) is 1. The van der Waals surface area contributed by atoms with E-state index in [1.807, 2.05) is 20.8 Å². The Morgan fingerprint density at radius 2 is 1.75 bits per heavy atom. The lowest BCUT2D eigenvalue weighted by atomic mass is 9.65. The van der Waals surface area contributed by atoms with E-state index in [9.17, 15) is 4.79 Å². The first-order valence-electron chi connectivity index (χ1n) is 9.32. The van der Waals surface area contributed by atoms with Gasteiger partial charge in [0.15, 0.2) is 5.96 Å². The van der Waals surface area contributed by atoms with Crippen LogP contribution < -0.4 is 5.73 Å². The highest BCUT2D eigenvalue weighted by atomic mass is 16.6. The zero-order valence-corrected chi connectivity index (χ0v) is 15.4. The van der Waals surface area contributed by atoms with Gasteiger partial charge < -0.3 is 20.3 Å². The molecule has 1 saturated heterocycles. The van der Waals surface area contributed by atoms with Crippen molar-refractivity contribution in [3.8, 4) is 0 Å². The third kappa shape index (κ3) is 3.95. The Hall–Kier alpha value is -1.46. The molecule has 0 unspecified atom stereocenters. The van der Waals surface area contributed by atoms with Crippen LogP contribution in [-0.2, 0) is 4.74 Å². The second-order valence-corrected chi connectivity index (χ2v) is 8.62. The van der Waals surface area contributed by atoms with E-state index in [0.29, 0.717) is 24.5 Å². The van der Waals surface area contributed by atoms with E-state index in [4.69, 9.17) is 15.5 Å². The van der Waals surface area contributed by atoms with Crippen molar-refractivity contribution < 1.29 is 9.53 Å². The Morgan fingerprint density at radius 1 is 1.17 bits per heavy atom. The summed E-state index contributed by atoms with van der Waals surface area (Å²) in [6.07, 6.45) is 6.51. The van der Waals surface area contributed by atoms with Crippen molar-refractivity contribution in [2.45, 2.75) is 58.5 Å². The van der Waals surface area contributed by atoms with Crippen LogP contribution in [0.25, 0.3) is 0 Å². The molecule has 136 valence electrons. The number of hydrogen-bond acceptors (Lipinski definition) is 3. The Balaban J connectivity index is 1.47. The number of carbonyl (C=O) groups is 1. The number of carbonyl (C=O) groups excluding carboxylic acids is 1. The quantitative estimate of drug-likeness (QED) is 0.635. The number of rotatable bonds is 3. The third-order valence-corrected chi connectivity index (χ3v) is 5.60. The summed E-state index contributed by atoms with van der Waals surface area (Å²) in [5.74, 6) is 1.54. The van der Waals surface area contributed by atoms with Gasteiger partial charge in [0.2, 0.25) is 0 Å². The zero-order chi connectivity index (χ0) is 17.4. The predicted molar refractivity (Wildman–Crippen MR) is 94.9 cm³/mol. The summed E-state index contributed by atoms with van der Waals surface area (Å²) < 4.78 is 5.43. The lowest BCUT2D eigenvalue weighted by Crippen LogP contribution is -2.53. The number of hydrogen-bond donors (Lipinski definition) is 1. The maximum atomic E-state index is 12.1. The van der Waals surface area contributed by atoms with E-state index >= 15 is 0 Å². The van der Waals surface area contributed by atoms with Crippen molar-refractivity contribution in [1.82, 2.24) is 9.80 Å². The standard InChI is InChI=1S/C18H32N4O2/c1-17(2,3)24-16(23)22-11-9-21(10-12-22)15(19)20-13-18(7-4-8-18)14-5-6-14/h14H,4-13H2,1-3H3,(H2,19,20). The molecule has 3 aliphatic rings. The van der Waals surface area contributed by atoms with Crippen LogP contribution in [0.15, 0.2) is 4.99 Å². The minimum atomic E-state index is -0.450. The Bertz CT molecular complexity index is 496. The molecular weight excluding hydrogens is 304 g/mol. The first-order valence-corrected chi connectivity index (χ1v) is 9.32. The third-order valence-electron chi connectivity index (χ3n) is 5.60. The molecule has 1 amide bonds. The summed E-state index contributed by atoms with van der Waals surface area (Å²) in [7, 11) is 0. The van der Waals surface area contributed by atoms with Gasteiger partial charge in [0.1, 0.15) is 5.60 Å². The van der Waals surface area contributed by atoms with Crippen LogP contribution in [0.4, 0.5) is 4.79 Å². The molecule has 2 N–H and O–H groups in total. The second-order valence-electron chi connectivity index (χ2n) is 8.62. The second kappa shape index (κ2) is 6.45. The van der Waals surface area contributed by atoms with Crippen LogP contribution >= 0.6 is 0 Å². The number of guanidine groups is 1. The van der Waals surface area contributed by atoms with Gasteiger partial charge in [-0.05, 0) is 57.8 Å². The van der Waals surface area contributed by atoms with E-state index in [1.165, 1.54) is 32.1 Å². The van der Waals surface area contributed by atoms with Gasteiger partial charge in [0.05, 0.1) is 0 Å². The maximum Gasteiger partial charge on any atom is 0.410 e. The Morgan fingerprint density at radius 3 is 2.21 bits per heavy atom. The molecule has 6 heteroatoms. The highest BCUT2D eigenvalue weighted by Gasteiger charge is 2.48. The van der Waals surface area contributed by atoms with Gasteiger partial charge in [-0.15, -0.1) is 0 Å². The van der Waals surface area contributed by atoms with Crippen LogP contribution in [-0.4, -0.2) is 60.2 Å². The molecule has 24 heavy (non-hydrogen) atoms. The lowest BCUT2D eigenvalue weighted by molar-refractivity contribution is 0.0186. The molecule has 0 radical (unpaired) electrons. The van der Waals surface area contributed by atoms with Crippen molar-refractivity contribution in [2.75, 3.05) is 32.7 Å². The van der Waals surface area contributed by atoms with Gasteiger partial charge in [-0.2, -0.15) is 0 Å². The number of ether oxygens (including phenoxy) is 1. The first kappa shape index (κ1) is 17.4. The van der Waals surface area contributed by atoms with Gasteiger partial charge in [-0.25, -0.2) is 4.79 Å². The van der Waals surface area contributed by atoms with E-state index in [2.05, 4.69) is 4.90 Å². The van der Waals surface area contributed by atoms with Crippen molar-refractivity contribution >= 4 is 12.1 Å². The molecule has 3 fully saturated rings. The number of amides is 1. The van der Waals surface area contributed by atoms with Crippen LogP contribution in [0.3, 0.4) is 0 Å². The predicted octanol–water partition coefficient (Wildman–Crippen LogP) is 2.43. The fourth-order valence-electron chi connectivity index (χ4n) is 3.81. The monoisotopic (exact) mass is 336 g/mol. The van der Waals surface area contributed by atoms with Crippen molar-refractivity contribution in [2.24, 2.45) is 22.1 Å². The van der Waals surface area contributed by atoms with Crippen LogP contribution in [0.5, 0.6) is 0 Å². The van der Waals surface area contributed by atoms with Gasteiger partial charge in [0, 0.05) is 32.7 Å². The summed E-state index contributed by atoms with van der Waals surface area (Å²) in [5, 5.41) is 0. The zero-order valence-electron chi connectivity index (χ0n) is 15.4. The molecule has 1 heterocycles. The molecule has 2 aliphatic carbocycles. The van der Waals surface area contributed by atoms with Crippen LogP contribution in [0.1, 0.15) is 52.9 Å². The Kier molecular flexibility index (Phi) is 4.67. The van der Waals surface area contributed by atoms with Gasteiger partial charge in [0.25, 0.3) is 0 Å². The van der Waals surface area contributed by atoms with Crippen molar-refractivity contribution in [3.05, 3.63) is 0 Å². The van der Waals surface area contributed by atoms with Gasteiger partial charge >= 0.3 is 6.09 Å². The van der Waals surface area contributed by atoms with Crippen molar-refractivity contribution in [3.63, 3.8) is 0 Å². The molecule has 0 aromatic rings. The number of piperazine rings is 1. The molecule has 1 aliphatic heterocycles. The fraction of sp³-hybridized carbons (Fsp3) is 0.889. The molecular formula is C18H32N4O2. The van der Waals surface area contributed by atoms with Crippen LogP contribution in [0, 0.1) is 11.3 Å². The average molecular weight is 336 g/mol. The van der Waals surface area contributed by atoms with Gasteiger partial charge in [-0.3, -0.25) is 4.99 Å². The number of aliphatic imine (C=N–C) groups is 1. The maximum absolute atomic E-state index is 12.1. The SMILES string of the molecule is CC(C)(C)OC(=O)N1CCN(C(N)=NCC2(C3CC3)CCC2)CC1. The van der Waals surface area contributed by atoms with E-state index < -0.39 is 5.60 Å². The smallest absolute Gasteiger partial charge is 0.410 e. The molecule has 0 atom stereocenters. The minimum absolute atomic E-state index is 0.236. The molecule has 3 rings (SSSR count). The normalized spacial score (nSPS) is 24.5. The fourth-order valence-corrected chi connectivity index (χ4v) is 3.81. The first-order chi connectivity index (χ1) is 11.3. The molecule has 0 spiro atoms. The summed E-state index contributed by atoms with van der Waals surface area (Å²) in [5.41, 5.74) is 6.23. The number of nitrogens with zero attached hydrogens (tertiary/aromatic N) is 3. The molecule has 2 saturated carbocycles. The van der Waals surface area contributed by atoms with Crippen LogP contribution in [0.2, 0.25) is 0 Å². The molecule has 0 aromatic heterocycles. The van der Waals surface area contributed by atoms with E-state index in [-0.39, 0.29) is 6.09 Å². The highest BCUT2D eigenvalue weighted by Crippen LogP contribution is 2.57. The molecule has 6 nitrogen and oxygen atoms in total.